The second-order valence-corrected chi connectivity index (χ2v) is 9.47. The quantitative estimate of drug-likeness (QED) is 0.314. The van der Waals surface area contributed by atoms with Crippen molar-refractivity contribution in [1.29, 1.82) is 0 Å². The van der Waals surface area contributed by atoms with Gasteiger partial charge in [0.2, 0.25) is 0 Å². The lowest BCUT2D eigenvalue weighted by Crippen LogP contribution is -2.41. The number of rotatable bonds is 11. The highest BCUT2D eigenvalue weighted by atomic mass is 32.2. The third kappa shape index (κ3) is 11.7. The van der Waals surface area contributed by atoms with E-state index < -0.39 is 10.8 Å². The van der Waals surface area contributed by atoms with E-state index in [0.717, 1.165) is 23.1 Å². The number of hydrogen-bond acceptors (Lipinski definition) is 6. The maximum absolute atomic E-state index is 11.3. The summed E-state index contributed by atoms with van der Waals surface area (Å²) < 4.78 is 17.0. The van der Waals surface area contributed by atoms with Gasteiger partial charge >= 0.3 is 0 Å². The van der Waals surface area contributed by atoms with Crippen LogP contribution in [-0.4, -0.2) is 62.9 Å². The van der Waals surface area contributed by atoms with Gasteiger partial charge in [0.1, 0.15) is 18.0 Å². The second-order valence-electron chi connectivity index (χ2n) is 7.85. The molecule has 0 radical (unpaired) electrons. The van der Waals surface area contributed by atoms with E-state index in [-0.39, 0.29) is 25.0 Å². The second kappa shape index (κ2) is 15.3. The number of aliphatic hydroxyl groups excluding tert-OH is 2. The average molecular weight is 475 g/mol. The molecule has 0 aromatic rings. The molecule has 0 aromatic heterocycles. The number of hydrogen-bond donors (Lipinski definition) is 3. The van der Waals surface area contributed by atoms with E-state index >= 15 is 0 Å². The molecule has 6 nitrogen and oxygen atoms in total. The Hall–Kier alpha value is -2.61. The van der Waals surface area contributed by atoms with Crippen LogP contribution in [-0.2, 0) is 15.5 Å². The molecule has 0 bridgehead atoms. The monoisotopic (exact) mass is 474 g/mol. The minimum absolute atomic E-state index is 0.00613. The molecule has 182 valence electrons. The number of allylic oxidation sites excluding steroid dienone is 8. The zero-order chi connectivity index (χ0) is 24.8. The molecule has 3 N–H and O–H groups in total. The molecule has 2 aliphatic rings. The van der Waals surface area contributed by atoms with E-state index in [1.807, 2.05) is 48.7 Å². The summed E-state index contributed by atoms with van der Waals surface area (Å²) >= 11 is 0. The van der Waals surface area contributed by atoms with Crippen molar-refractivity contribution < 1.29 is 19.2 Å². The van der Waals surface area contributed by atoms with Gasteiger partial charge in [-0.25, -0.2) is 0 Å². The Morgan fingerprint density at radius 3 is 2.36 bits per heavy atom. The molecule has 0 amide bonds. The fraction of sp³-hybridized carbons (Fsp3) is 0.385. The maximum atomic E-state index is 11.3. The van der Waals surface area contributed by atoms with Crippen LogP contribution >= 0.6 is 0 Å². The Kier molecular flexibility index (Phi) is 13.1. The van der Waals surface area contributed by atoms with Crippen molar-refractivity contribution in [2.24, 2.45) is 0 Å². The highest BCUT2D eigenvalue weighted by Gasteiger charge is 2.22. The number of nitrogens with one attached hydrogen (secondary N) is 1. The predicted molar refractivity (Wildman–Crippen MR) is 139 cm³/mol. The van der Waals surface area contributed by atoms with Gasteiger partial charge < -0.3 is 25.2 Å². The fourth-order valence-electron chi connectivity index (χ4n) is 2.91. The molecule has 1 fully saturated rings. The lowest BCUT2D eigenvalue weighted by molar-refractivity contribution is 0.0984. The van der Waals surface area contributed by atoms with Crippen LogP contribution in [0.25, 0.3) is 0 Å². The number of ether oxygens (including phenoxy) is 1. The topological polar surface area (TPSA) is 82.0 Å². The van der Waals surface area contributed by atoms with Crippen LogP contribution in [0.5, 0.6) is 0 Å². The summed E-state index contributed by atoms with van der Waals surface area (Å²) in [7, 11) is 1.17. The Balaban J connectivity index is 0.000000502. The molecule has 1 saturated heterocycles. The van der Waals surface area contributed by atoms with Crippen molar-refractivity contribution in [3.05, 3.63) is 97.7 Å². The van der Waals surface area contributed by atoms with Gasteiger partial charge in [-0.2, -0.15) is 0 Å². The first-order valence-corrected chi connectivity index (χ1v) is 12.4. The van der Waals surface area contributed by atoms with Gasteiger partial charge in [-0.05, 0) is 42.6 Å². The minimum Gasteiger partial charge on any atom is -0.490 e. The molecule has 2 heterocycles. The Bertz CT molecular complexity index is 839. The van der Waals surface area contributed by atoms with Crippen molar-refractivity contribution >= 4 is 10.8 Å². The van der Waals surface area contributed by atoms with Crippen molar-refractivity contribution in [1.82, 2.24) is 10.2 Å². The number of nitrogens with zero attached hydrogens (tertiary/aromatic N) is 1. The van der Waals surface area contributed by atoms with Gasteiger partial charge in [-0.3, -0.25) is 4.21 Å². The molecule has 0 saturated carbocycles. The Labute approximate surface area is 201 Å². The Morgan fingerprint density at radius 1 is 1.21 bits per heavy atom. The molecule has 3 unspecified atom stereocenters. The Morgan fingerprint density at radius 2 is 1.88 bits per heavy atom. The molecule has 2 rings (SSSR count). The van der Waals surface area contributed by atoms with Gasteiger partial charge in [-0.1, -0.05) is 56.7 Å². The molecular weight excluding hydrogens is 436 g/mol. The number of likely N-dealkylation sites (N-methyl/N-ethyl adjacent to an activating group) is 1. The molecule has 4 atom stereocenters. The first kappa shape index (κ1) is 28.4. The molecule has 7 heteroatoms. The van der Waals surface area contributed by atoms with E-state index in [9.17, 15) is 4.21 Å². The number of aliphatic hydroxyl groups is 2. The first-order valence-electron chi connectivity index (χ1n) is 10.9. The van der Waals surface area contributed by atoms with E-state index in [1.54, 1.807) is 19.1 Å². The standard InChI is InChI=1S/C20H26O3S.C6H12N2O/c1-16(7-5-6-13-21)8-9-17(2)18(3)10-11-19(4)23-20-12-14-24(22)15-20;1-5(9)6-7-3-4-8(6)2/h5,7-11,20-21H,1-4,6,12-15H2;3-7,9H,1-2H3/b7-5+,9-8-,11-10-;/t20-,24?;/m0./s1. The van der Waals surface area contributed by atoms with E-state index in [2.05, 4.69) is 31.6 Å². The van der Waals surface area contributed by atoms with Crippen LogP contribution in [0.2, 0.25) is 0 Å². The smallest absolute Gasteiger partial charge is 0.124 e. The zero-order valence-corrected chi connectivity index (χ0v) is 20.6. The van der Waals surface area contributed by atoms with Crippen molar-refractivity contribution in [3.8, 4) is 0 Å². The van der Waals surface area contributed by atoms with Gasteiger partial charge in [0.15, 0.2) is 0 Å². The summed E-state index contributed by atoms with van der Waals surface area (Å²) in [5.41, 5.74) is 2.33. The summed E-state index contributed by atoms with van der Waals surface area (Å²) in [5.74, 6) is 1.81. The molecule has 2 aliphatic heterocycles. The highest BCUT2D eigenvalue weighted by molar-refractivity contribution is 7.85. The highest BCUT2D eigenvalue weighted by Crippen LogP contribution is 2.16. The lowest BCUT2D eigenvalue weighted by Gasteiger charge is -2.23. The SMILES string of the molecule is C=C(/C=C\C(=C)C(=C)/C=C\C(=C)O[C@H]1CCS(=O)C1)/C=C/CCO.CC(O)C1NC=CN1C. The van der Waals surface area contributed by atoms with Crippen LogP contribution in [0.1, 0.15) is 19.8 Å². The van der Waals surface area contributed by atoms with Crippen molar-refractivity contribution in [3.63, 3.8) is 0 Å². The minimum atomic E-state index is -0.759. The van der Waals surface area contributed by atoms with E-state index in [1.165, 1.54) is 0 Å². The van der Waals surface area contributed by atoms with E-state index in [0.29, 0.717) is 23.7 Å². The molecular formula is C26H38N2O4S. The third-order valence-electron chi connectivity index (χ3n) is 4.84. The summed E-state index contributed by atoms with van der Waals surface area (Å²) in [5, 5.41) is 20.8. The molecule has 0 spiro atoms. The largest absolute Gasteiger partial charge is 0.490 e. The summed E-state index contributed by atoms with van der Waals surface area (Å²) in [6.45, 7) is 17.6. The summed E-state index contributed by atoms with van der Waals surface area (Å²) in [4.78, 5) is 1.94. The van der Waals surface area contributed by atoms with Crippen LogP contribution in [0.3, 0.4) is 0 Å². The zero-order valence-electron chi connectivity index (χ0n) is 19.8. The van der Waals surface area contributed by atoms with E-state index in [4.69, 9.17) is 14.9 Å². The molecule has 33 heavy (non-hydrogen) atoms. The normalized spacial score (nSPS) is 22.9. The van der Waals surface area contributed by atoms with Crippen LogP contribution in [0.15, 0.2) is 97.7 Å². The third-order valence-corrected chi connectivity index (χ3v) is 6.27. The lowest BCUT2D eigenvalue weighted by atomic mass is 10.1. The van der Waals surface area contributed by atoms with Crippen molar-refractivity contribution in [2.45, 2.75) is 38.1 Å². The van der Waals surface area contributed by atoms with Crippen molar-refractivity contribution in [2.75, 3.05) is 25.2 Å². The van der Waals surface area contributed by atoms with Gasteiger partial charge in [0.25, 0.3) is 0 Å². The summed E-state index contributed by atoms with van der Waals surface area (Å²) in [6.07, 6.45) is 15.8. The van der Waals surface area contributed by atoms with Gasteiger partial charge in [-0.15, -0.1) is 0 Å². The average Bonchev–Trinajstić information content (AvgIpc) is 3.38. The van der Waals surface area contributed by atoms with Crippen LogP contribution in [0, 0.1) is 0 Å². The molecule has 0 aliphatic carbocycles. The predicted octanol–water partition coefficient (Wildman–Crippen LogP) is 3.46. The van der Waals surface area contributed by atoms with Crippen LogP contribution < -0.4 is 5.32 Å². The fourth-order valence-corrected chi connectivity index (χ4v) is 4.25. The van der Waals surface area contributed by atoms with Gasteiger partial charge in [0, 0.05) is 42.6 Å². The molecule has 0 aromatic carbocycles. The van der Waals surface area contributed by atoms with Crippen LogP contribution in [0.4, 0.5) is 0 Å². The maximum Gasteiger partial charge on any atom is 0.124 e. The summed E-state index contributed by atoms with van der Waals surface area (Å²) in [6, 6.07) is 0. The van der Waals surface area contributed by atoms with Gasteiger partial charge in [0.05, 0.1) is 11.9 Å². The first-order chi connectivity index (χ1) is 15.6.